The number of nitriles is 1. The Hall–Kier alpha value is -3.55. The van der Waals surface area contributed by atoms with Gasteiger partial charge in [-0.2, -0.15) is 5.26 Å². The Bertz CT molecular complexity index is 1130. The number of rotatable bonds is 6. The molecule has 0 bridgehead atoms. The topological polar surface area (TPSA) is 62.1 Å². The van der Waals surface area contributed by atoms with E-state index < -0.39 is 5.91 Å². The zero-order valence-corrected chi connectivity index (χ0v) is 17.5. The predicted octanol–water partition coefficient (Wildman–Crippen LogP) is 6.08. The Labute approximate surface area is 181 Å². The SMILES string of the molecule is Cc1ccc(COc2ccccc2/C=C(\C#N)C(=O)Nc2cc(Cl)ccc2C)cc1. The van der Waals surface area contributed by atoms with E-state index in [0.717, 1.165) is 11.1 Å². The number of para-hydroxylation sites is 1. The van der Waals surface area contributed by atoms with Crippen LogP contribution in [0.1, 0.15) is 22.3 Å². The van der Waals surface area contributed by atoms with Crippen molar-refractivity contribution in [2.45, 2.75) is 20.5 Å². The maximum absolute atomic E-state index is 12.6. The van der Waals surface area contributed by atoms with E-state index in [9.17, 15) is 10.1 Å². The van der Waals surface area contributed by atoms with Crippen LogP contribution < -0.4 is 10.1 Å². The van der Waals surface area contributed by atoms with Crippen molar-refractivity contribution in [3.63, 3.8) is 0 Å². The molecule has 5 heteroatoms. The van der Waals surface area contributed by atoms with Crippen LogP contribution in [-0.4, -0.2) is 5.91 Å². The minimum absolute atomic E-state index is 0.0271. The fourth-order valence-corrected chi connectivity index (χ4v) is 2.97. The smallest absolute Gasteiger partial charge is 0.266 e. The number of halogens is 1. The van der Waals surface area contributed by atoms with Crippen LogP contribution >= 0.6 is 11.6 Å². The van der Waals surface area contributed by atoms with Gasteiger partial charge in [0.05, 0.1) is 0 Å². The molecule has 4 nitrogen and oxygen atoms in total. The van der Waals surface area contributed by atoms with E-state index in [1.54, 1.807) is 18.2 Å². The van der Waals surface area contributed by atoms with Gasteiger partial charge >= 0.3 is 0 Å². The molecule has 30 heavy (non-hydrogen) atoms. The second-order valence-corrected chi connectivity index (χ2v) is 7.33. The summed E-state index contributed by atoms with van der Waals surface area (Å²) in [7, 11) is 0. The number of hydrogen-bond acceptors (Lipinski definition) is 3. The number of benzene rings is 3. The number of ether oxygens (including phenoxy) is 1. The van der Waals surface area contributed by atoms with Gasteiger partial charge < -0.3 is 10.1 Å². The number of nitrogens with zero attached hydrogens (tertiary/aromatic N) is 1. The normalized spacial score (nSPS) is 10.9. The molecular formula is C25H21ClN2O2. The standard InChI is InChI=1S/C25H21ClN2O2/c1-17-7-10-19(11-8-17)16-30-24-6-4-3-5-20(24)13-21(15-27)25(29)28-23-14-22(26)12-9-18(23)2/h3-14H,16H2,1-2H3,(H,28,29)/b21-13+. The first kappa shape index (κ1) is 21.2. The van der Waals surface area contributed by atoms with Gasteiger partial charge in [-0.15, -0.1) is 0 Å². The zero-order chi connectivity index (χ0) is 21.5. The average Bonchev–Trinajstić information content (AvgIpc) is 2.74. The lowest BCUT2D eigenvalue weighted by Gasteiger charge is -2.11. The summed E-state index contributed by atoms with van der Waals surface area (Å²) in [5, 5.41) is 12.8. The van der Waals surface area contributed by atoms with Crippen LogP contribution in [0.15, 0.2) is 72.3 Å². The molecule has 0 atom stereocenters. The molecule has 3 rings (SSSR count). The number of aryl methyl sites for hydroxylation is 2. The van der Waals surface area contributed by atoms with Crippen molar-refractivity contribution in [1.29, 1.82) is 5.26 Å². The predicted molar refractivity (Wildman–Crippen MR) is 120 cm³/mol. The molecule has 0 aromatic heterocycles. The number of carbonyl (C=O) groups is 1. The number of amides is 1. The third-order valence-corrected chi connectivity index (χ3v) is 4.78. The minimum Gasteiger partial charge on any atom is -0.488 e. The second-order valence-electron chi connectivity index (χ2n) is 6.90. The first-order valence-electron chi connectivity index (χ1n) is 9.43. The number of nitrogens with one attached hydrogen (secondary N) is 1. The van der Waals surface area contributed by atoms with E-state index in [1.165, 1.54) is 11.6 Å². The molecule has 0 spiro atoms. The molecule has 0 radical (unpaired) electrons. The molecule has 0 unspecified atom stereocenters. The van der Waals surface area contributed by atoms with Crippen molar-refractivity contribution in [3.8, 4) is 11.8 Å². The molecule has 1 N–H and O–H groups in total. The maximum atomic E-state index is 12.6. The molecule has 3 aromatic carbocycles. The molecule has 150 valence electrons. The fraction of sp³-hybridized carbons (Fsp3) is 0.120. The summed E-state index contributed by atoms with van der Waals surface area (Å²) < 4.78 is 5.94. The average molecular weight is 417 g/mol. The van der Waals surface area contributed by atoms with Crippen LogP contribution in [0, 0.1) is 25.2 Å². The summed E-state index contributed by atoms with van der Waals surface area (Å²) in [6, 6.07) is 22.6. The van der Waals surface area contributed by atoms with E-state index in [-0.39, 0.29) is 5.57 Å². The first-order chi connectivity index (χ1) is 14.5. The van der Waals surface area contributed by atoms with Crippen molar-refractivity contribution >= 4 is 29.3 Å². The van der Waals surface area contributed by atoms with E-state index >= 15 is 0 Å². The quantitative estimate of drug-likeness (QED) is 0.391. The monoisotopic (exact) mass is 416 g/mol. The van der Waals surface area contributed by atoms with Crippen LogP contribution in [0.5, 0.6) is 5.75 Å². The van der Waals surface area contributed by atoms with Gasteiger partial charge in [-0.25, -0.2) is 0 Å². The Morgan fingerprint density at radius 1 is 1.10 bits per heavy atom. The molecule has 1 amide bonds. The summed E-state index contributed by atoms with van der Waals surface area (Å²) >= 11 is 6.01. The van der Waals surface area contributed by atoms with Crippen LogP contribution in [0.2, 0.25) is 5.02 Å². The molecule has 3 aromatic rings. The second kappa shape index (κ2) is 9.78. The third-order valence-electron chi connectivity index (χ3n) is 4.55. The lowest BCUT2D eigenvalue weighted by Crippen LogP contribution is -2.14. The van der Waals surface area contributed by atoms with E-state index in [4.69, 9.17) is 16.3 Å². The highest BCUT2D eigenvalue weighted by atomic mass is 35.5. The minimum atomic E-state index is -0.504. The summed E-state index contributed by atoms with van der Waals surface area (Å²) in [5.74, 6) is 0.0914. The van der Waals surface area contributed by atoms with Crippen molar-refractivity contribution in [2.75, 3.05) is 5.32 Å². The molecule has 0 aliphatic rings. The summed E-state index contributed by atoms with van der Waals surface area (Å²) in [6.07, 6.45) is 1.53. The van der Waals surface area contributed by atoms with Crippen LogP contribution in [0.4, 0.5) is 5.69 Å². The summed E-state index contributed by atoms with van der Waals surface area (Å²) in [6.45, 7) is 4.28. The molecule has 0 aliphatic heterocycles. The van der Waals surface area contributed by atoms with Gasteiger partial charge in [0.25, 0.3) is 5.91 Å². The van der Waals surface area contributed by atoms with Gasteiger partial charge in [0.1, 0.15) is 24.0 Å². The van der Waals surface area contributed by atoms with Gasteiger partial charge in [0.2, 0.25) is 0 Å². The van der Waals surface area contributed by atoms with Crippen molar-refractivity contribution in [1.82, 2.24) is 0 Å². The number of hydrogen-bond donors (Lipinski definition) is 1. The third kappa shape index (κ3) is 5.50. The lowest BCUT2D eigenvalue weighted by molar-refractivity contribution is -0.112. The van der Waals surface area contributed by atoms with Gasteiger partial charge in [-0.05, 0) is 49.2 Å². The van der Waals surface area contributed by atoms with Crippen LogP contribution in [0.3, 0.4) is 0 Å². The largest absolute Gasteiger partial charge is 0.488 e. The fourth-order valence-electron chi connectivity index (χ4n) is 2.80. The highest BCUT2D eigenvalue weighted by molar-refractivity contribution is 6.31. The molecular weight excluding hydrogens is 396 g/mol. The molecule has 0 heterocycles. The van der Waals surface area contributed by atoms with Crippen molar-refractivity contribution < 1.29 is 9.53 Å². The first-order valence-corrected chi connectivity index (χ1v) is 9.81. The lowest BCUT2D eigenvalue weighted by atomic mass is 10.1. The van der Waals surface area contributed by atoms with Gasteiger partial charge in [0.15, 0.2) is 0 Å². The van der Waals surface area contributed by atoms with E-state index in [0.29, 0.717) is 28.6 Å². The highest BCUT2D eigenvalue weighted by Gasteiger charge is 2.13. The Kier molecular flexibility index (Phi) is 6.90. The molecule has 0 saturated heterocycles. The number of anilines is 1. The Morgan fingerprint density at radius 2 is 1.83 bits per heavy atom. The molecule has 0 fully saturated rings. The molecule has 0 saturated carbocycles. The maximum Gasteiger partial charge on any atom is 0.266 e. The summed E-state index contributed by atoms with van der Waals surface area (Å²) in [4.78, 5) is 12.6. The van der Waals surface area contributed by atoms with Gasteiger partial charge in [-0.1, -0.05) is 65.7 Å². The van der Waals surface area contributed by atoms with Crippen LogP contribution in [-0.2, 0) is 11.4 Å². The zero-order valence-electron chi connectivity index (χ0n) is 16.8. The Balaban J connectivity index is 1.80. The van der Waals surface area contributed by atoms with Crippen LogP contribution in [0.25, 0.3) is 6.08 Å². The highest BCUT2D eigenvalue weighted by Crippen LogP contribution is 2.24. The summed E-state index contributed by atoms with van der Waals surface area (Å²) in [5.41, 5.74) is 4.26. The Morgan fingerprint density at radius 3 is 2.57 bits per heavy atom. The van der Waals surface area contributed by atoms with Crippen molar-refractivity contribution in [2.24, 2.45) is 0 Å². The van der Waals surface area contributed by atoms with Gasteiger partial charge in [0, 0.05) is 16.3 Å². The number of carbonyl (C=O) groups excluding carboxylic acids is 1. The van der Waals surface area contributed by atoms with Gasteiger partial charge in [-0.3, -0.25) is 4.79 Å². The molecule has 0 aliphatic carbocycles. The van der Waals surface area contributed by atoms with E-state index in [2.05, 4.69) is 5.32 Å². The van der Waals surface area contributed by atoms with E-state index in [1.807, 2.05) is 68.4 Å². The van der Waals surface area contributed by atoms with Crippen molar-refractivity contribution in [3.05, 3.63) is 99.6 Å².